The molecule has 2 heterocycles. The van der Waals surface area contributed by atoms with Crippen LogP contribution in [0.5, 0.6) is 0 Å². The lowest BCUT2D eigenvalue weighted by atomic mass is 9.57. The summed E-state index contributed by atoms with van der Waals surface area (Å²) in [6.45, 7) is 0. The number of Topliss-reactive ketones (excluding diaryl/α,β-unsaturated/α-hetero) is 2. The summed E-state index contributed by atoms with van der Waals surface area (Å²) >= 11 is 0. The molecular formula is C30H30N4O8. The fraction of sp³-hybridized carbons (Fsp3) is 0.333. The van der Waals surface area contributed by atoms with E-state index < -0.39 is 58.0 Å². The Morgan fingerprint density at radius 1 is 1.19 bits per heavy atom. The third kappa shape index (κ3) is 3.75. The molecule has 12 heteroatoms. The van der Waals surface area contributed by atoms with Crippen LogP contribution < -0.4 is 10.6 Å². The van der Waals surface area contributed by atoms with E-state index in [1.807, 2.05) is 25.1 Å². The number of nitrogens with two attached hydrogens (primary N) is 1. The highest BCUT2D eigenvalue weighted by atomic mass is 16.4. The Morgan fingerprint density at radius 3 is 2.55 bits per heavy atom. The number of amides is 1. The van der Waals surface area contributed by atoms with Crippen molar-refractivity contribution in [3.63, 3.8) is 0 Å². The van der Waals surface area contributed by atoms with Crippen LogP contribution in [0.25, 0.3) is 29.0 Å². The topological polar surface area (TPSA) is 184 Å². The van der Waals surface area contributed by atoms with E-state index in [0.717, 1.165) is 5.69 Å². The Bertz CT molecular complexity index is 1760. The fourth-order valence-corrected chi connectivity index (χ4v) is 6.71. The Labute approximate surface area is 240 Å². The van der Waals surface area contributed by atoms with Crippen LogP contribution in [0.4, 0.5) is 5.69 Å². The third-order valence-electron chi connectivity index (χ3n) is 8.51. The molecule has 0 spiro atoms. The molecule has 0 aliphatic heterocycles. The first-order valence-corrected chi connectivity index (χ1v) is 13.4. The standard InChI is InChI=1S/C30H30N4O8/c1-33(2)18-12-17-26(42-19(32-17)8-7-14-6-5-9-41-14)21-15(18)10-13-11-16-23(34(3)4)25(36)22(29(31)39)28(38)30(16,40)27(37)20(13)24(21)35/h5-9,12-13,16,23,35,38,40H,10-11H2,1-4H3,(H2,31,39)/t13-,16-,23-,30-/m0/s1. The summed E-state index contributed by atoms with van der Waals surface area (Å²) in [5.74, 6) is -5.42. The van der Waals surface area contributed by atoms with Crippen molar-refractivity contribution in [2.24, 2.45) is 17.6 Å². The van der Waals surface area contributed by atoms with E-state index in [-0.39, 0.29) is 35.5 Å². The quantitative estimate of drug-likeness (QED) is 0.328. The second kappa shape index (κ2) is 9.43. The zero-order chi connectivity index (χ0) is 30.2. The van der Waals surface area contributed by atoms with Gasteiger partial charge >= 0.3 is 0 Å². The van der Waals surface area contributed by atoms with Gasteiger partial charge in [0.15, 0.2) is 17.0 Å². The number of furan rings is 1. The van der Waals surface area contributed by atoms with Crippen LogP contribution in [0, 0.1) is 11.8 Å². The normalized spacial score (nSPS) is 25.8. The molecule has 0 bridgehead atoms. The predicted octanol–water partition coefficient (Wildman–Crippen LogP) is 2.23. The molecule has 3 aliphatic carbocycles. The van der Waals surface area contributed by atoms with Crippen molar-refractivity contribution in [2.45, 2.75) is 24.5 Å². The van der Waals surface area contributed by atoms with Crippen molar-refractivity contribution in [3.8, 4) is 0 Å². The number of carbonyl (C=O) groups is 3. The van der Waals surface area contributed by atoms with Gasteiger partial charge < -0.3 is 34.8 Å². The first kappa shape index (κ1) is 27.5. The van der Waals surface area contributed by atoms with Crippen LogP contribution in [0.3, 0.4) is 0 Å². The summed E-state index contributed by atoms with van der Waals surface area (Å²) in [4.78, 5) is 47.6. The second-order valence-corrected chi connectivity index (χ2v) is 11.4. The number of aliphatic hydroxyl groups is 3. The van der Waals surface area contributed by atoms with Crippen molar-refractivity contribution in [2.75, 3.05) is 33.1 Å². The van der Waals surface area contributed by atoms with Gasteiger partial charge in [-0.05, 0) is 62.7 Å². The number of carbonyl (C=O) groups excluding carboxylic acids is 3. The Balaban J connectivity index is 1.56. The minimum absolute atomic E-state index is 0.0597. The molecule has 12 nitrogen and oxygen atoms in total. The van der Waals surface area contributed by atoms with E-state index in [9.17, 15) is 29.7 Å². The number of ketones is 2. The average molecular weight is 575 g/mol. The number of likely N-dealkylation sites (N-methyl/N-ethyl adjacent to an activating group) is 1. The van der Waals surface area contributed by atoms with E-state index in [2.05, 4.69) is 4.98 Å². The highest BCUT2D eigenvalue weighted by molar-refractivity contribution is 6.24. The fourth-order valence-electron chi connectivity index (χ4n) is 6.71. The smallest absolute Gasteiger partial charge is 0.255 e. The van der Waals surface area contributed by atoms with Crippen molar-refractivity contribution in [3.05, 3.63) is 64.1 Å². The first-order valence-electron chi connectivity index (χ1n) is 13.4. The lowest BCUT2D eigenvalue weighted by Gasteiger charge is -2.50. The van der Waals surface area contributed by atoms with Gasteiger partial charge in [-0.15, -0.1) is 0 Å². The molecular weight excluding hydrogens is 544 g/mol. The zero-order valence-corrected chi connectivity index (χ0v) is 23.4. The van der Waals surface area contributed by atoms with Crippen molar-refractivity contribution >= 4 is 52.2 Å². The number of aromatic nitrogens is 1. The van der Waals surface area contributed by atoms with Gasteiger partial charge in [0.2, 0.25) is 11.7 Å². The maximum atomic E-state index is 14.2. The number of hydrogen-bond acceptors (Lipinski definition) is 11. The van der Waals surface area contributed by atoms with E-state index >= 15 is 0 Å². The van der Waals surface area contributed by atoms with Crippen molar-refractivity contribution in [1.29, 1.82) is 0 Å². The van der Waals surface area contributed by atoms with E-state index in [4.69, 9.17) is 14.6 Å². The third-order valence-corrected chi connectivity index (χ3v) is 8.51. The maximum Gasteiger partial charge on any atom is 0.255 e. The van der Waals surface area contributed by atoms with Crippen molar-refractivity contribution < 1.29 is 38.5 Å². The zero-order valence-electron chi connectivity index (χ0n) is 23.4. The minimum atomic E-state index is -2.65. The van der Waals surface area contributed by atoms with Gasteiger partial charge in [0.05, 0.1) is 17.9 Å². The van der Waals surface area contributed by atoms with Crippen molar-refractivity contribution in [1.82, 2.24) is 9.88 Å². The van der Waals surface area contributed by atoms with E-state index in [0.29, 0.717) is 16.8 Å². The molecule has 0 radical (unpaired) electrons. The molecule has 0 saturated heterocycles. The highest BCUT2D eigenvalue weighted by Crippen LogP contribution is 2.53. The number of hydrogen-bond donors (Lipinski definition) is 4. The maximum absolute atomic E-state index is 14.2. The van der Waals surface area contributed by atoms with Gasteiger partial charge in [0.1, 0.15) is 28.4 Å². The second-order valence-electron chi connectivity index (χ2n) is 11.4. The Kier molecular flexibility index (Phi) is 6.17. The summed E-state index contributed by atoms with van der Waals surface area (Å²) in [6.07, 6.45) is 5.16. The van der Waals surface area contributed by atoms with Crippen LogP contribution in [0.1, 0.15) is 29.2 Å². The number of oxazole rings is 1. The molecule has 218 valence electrons. The molecule has 1 fully saturated rings. The van der Waals surface area contributed by atoms with Gasteiger partial charge in [-0.25, -0.2) is 4.98 Å². The lowest BCUT2D eigenvalue weighted by Crippen LogP contribution is -2.65. The van der Waals surface area contributed by atoms with Crippen LogP contribution in [-0.2, 0) is 20.8 Å². The average Bonchev–Trinajstić information content (AvgIpc) is 3.58. The van der Waals surface area contributed by atoms with Crippen LogP contribution >= 0.6 is 0 Å². The number of rotatable bonds is 5. The summed E-state index contributed by atoms with van der Waals surface area (Å²) in [5, 5.41) is 34.7. The molecule has 1 amide bonds. The number of aliphatic hydroxyl groups excluding tert-OH is 2. The Hall–Kier alpha value is -4.68. The lowest BCUT2D eigenvalue weighted by molar-refractivity contribution is -0.153. The number of anilines is 1. The summed E-state index contributed by atoms with van der Waals surface area (Å²) in [6, 6.07) is 4.23. The summed E-state index contributed by atoms with van der Waals surface area (Å²) in [5.41, 5.74) is 4.18. The van der Waals surface area contributed by atoms with E-state index in [1.54, 1.807) is 38.4 Å². The number of primary amides is 1. The number of benzene rings is 1. The van der Waals surface area contributed by atoms with Gasteiger partial charge in [-0.2, -0.15) is 0 Å². The molecule has 0 unspecified atom stereocenters. The van der Waals surface area contributed by atoms with Crippen LogP contribution in [0.15, 0.2) is 50.2 Å². The summed E-state index contributed by atoms with van der Waals surface area (Å²) < 4.78 is 11.4. The predicted molar refractivity (Wildman–Crippen MR) is 152 cm³/mol. The molecule has 42 heavy (non-hydrogen) atoms. The SMILES string of the molecule is CN(C)c1cc2nc(C=Cc3ccco3)oc2c2c1C[C@H]1C[C@H]3[C@H](N(C)C)C(=O)C(C(N)=O)=C(O)[C@@]3(O)C(=O)C1=C2O. The molecule has 1 aromatic carbocycles. The first-order chi connectivity index (χ1) is 19.9. The van der Waals surface area contributed by atoms with Crippen LogP contribution in [0.2, 0.25) is 0 Å². The molecule has 3 aliphatic rings. The van der Waals surface area contributed by atoms with Gasteiger partial charge in [0, 0.05) is 37.3 Å². The Morgan fingerprint density at radius 2 is 1.93 bits per heavy atom. The molecule has 4 atom stereocenters. The summed E-state index contributed by atoms with van der Waals surface area (Å²) in [7, 11) is 6.85. The molecule has 5 N–H and O–H groups in total. The van der Waals surface area contributed by atoms with Gasteiger partial charge in [-0.1, -0.05) is 0 Å². The van der Waals surface area contributed by atoms with E-state index in [1.165, 1.54) is 11.2 Å². The van der Waals surface area contributed by atoms with Crippen LogP contribution in [-0.4, -0.2) is 82.5 Å². The molecule has 2 aromatic heterocycles. The van der Waals surface area contributed by atoms with Gasteiger partial charge in [-0.3, -0.25) is 19.3 Å². The number of fused-ring (bicyclic) bond motifs is 5. The molecule has 3 aromatic rings. The monoisotopic (exact) mass is 574 g/mol. The molecule has 1 saturated carbocycles. The largest absolute Gasteiger partial charge is 0.508 e. The van der Waals surface area contributed by atoms with Gasteiger partial charge in [0.25, 0.3) is 5.91 Å². The number of nitrogens with zero attached hydrogens (tertiary/aromatic N) is 3. The molecule has 6 rings (SSSR count). The minimum Gasteiger partial charge on any atom is -0.508 e. The highest BCUT2D eigenvalue weighted by Gasteiger charge is 2.64.